The lowest BCUT2D eigenvalue weighted by atomic mass is 10.4. The van der Waals surface area contributed by atoms with Crippen molar-refractivity contribution in [3.8, 4) is 0 Å². The van der Waals surface area contributed by atoms with E-state index >= 15 is 0 Å². The molecular formula is C9H13N4O2-. The molecule has 1 rings (SSSR count). The minimum absolute atomic E-state index is 0.114. The molecule has 1 aromatic heterocycles. The molecule has 0 bridgehead atoms. The summed E-state index contributed by atoms with van der Waals surface area (Å²) in [7, 11) is 7.04. The van der Waals surface area contributed by atoms with Gasteiger partial charge in [0.2, 0.25) is 5.95 Å². The molecule has 0 spiro atoms. The second-order valence-electron chi connectivity index (χ2n) is 3.49. The first kappa shape index (κ1) is 11.2. The number of hydrogen-bond donors (Lipinski definition) is 0. The van der Waals surface area contributed by atoms with Crippen LogP contribution in [0.2, 0.25) is 0 Å². The Morgan fingerprint density at radius 1 is 1.20 bits per heavy atom. The number of aromatic nitrogens is 2. The molecule has 0 aromatic carbocycles. The van der Waals surface area contributed by atoms with Gasteiger partial charge in [0, 0.05) is 34.3 Å². The third-order valence-corrected chi connectivity index (χ3v) is 1.77. The van der Waals surface area contributed by atoms with Gasteiger partial charge in [-0.3, -0.25) is 0 Å². The number of nitrogens with zero attached hydrogens (tertiary/aromatic N) is 4. The maximum absolute atomic E-state index is 10.7. The van der Waals surface area contributed by atoms with Crippen molar-refractivity contribution in [3.05, 3.63) is 11.8 Å². The Labute approximate surface area is 88.2 Å². The van der Waals surface area contributed by atoms with Crippen LogP contribution in [-0.4, -0.2) is 44.1 Å². The van der Waals surface area contributed by atoms with Crippen LogP contribution in [0.15, 0.2) is 6.07 Å². The van der Waals surface area contributed by atoms with Gasteiger partial charge in [0.1, 0.15) is 5.82 Å². The molecule has 1 heterocycles. The Bertz CT molecular complexity index is 350. The molecule has 0 amide bonds. The van der Waals surface area contributed by atoms with Gasteiger partial charge in [0.05, 0.1) is 11.7 Å². The quantitative estimate of drug-likeness (QED) is 0.634. The standard InChI is InChI=1S/C9H14N4O2/c1-12(2)7-5-6(8(14)15)10-9(11-7)13(3)4/h5H,1-4H3,(H,14,15)/p-1. The molecule has 0 aliphatic heterocycles. The van der Waals surface area contributed by atoms with E-state index in [-0.39, 0.29) is 5.69 Å². The van der Waals surface area contributed by atoms with Crippen LogP contribution in [0.25, 0.3) is 0 Å². The summed E-state index contributed by atoms with van der Waals surface area (Å²) in [6.07, 6.45) is 0. The maximum atomic E-state index is 10.7. The number of hydrogen-bond acceptors (Lipinski definition) is 6. The van der Waals surface area contributed by atoms with Crippen LogP contribution in [0, 0.1) is 0 Å². The van der Waals surface area contributed by atoms with Gasteiger partial charge in [0.25, 0.3) is 0 Å². The lowest BCUT2D eigenvalue weighted by Crippen LogP contribution is -2.26. The molecule has 0 unspecified atom stereocenters. The van der Waals surface area contributed by atoms with E-state index in [0.717, 1.165) is 0 Å². The number of carboxylic acids is 1. The van der Waals surface area contributed by atoms with Crippen molar-refractivity contribution in [3.63, 3.8) is 0 Å². The van der Waals surface area contributed by atoms with Crippen molar-refractivity contribution in [1.82, 2.24) is 9.97 Å². The monoisotopic (exact) mass is 209 g/mol. The predicted octanol–water partition coefficient (Wildman–Crippen LogP) is -1.03. The first-order valence-electron chi connectivity index (χ1n) is 4.37. The summed E-state index contributed by atoms with van der Waals surface area (Å²) in [6.45, 7) is 0. The summed E-state index contributed by atoms with van der Waals surface area (Å²) < 4.78 is 0. The lowest BCUT2D eigenvalue weighted by molar-refractivity contribution is -0.255. The molecule has 0 atom stereocenters. The maximum Gasteiger partial charge on any atom is 0.227 e. The summed E-state index contributed by atoms with van der Waals surface area (Å²) in [5.41, 5.74) is -0.114. The second-order valence-corrected chi connectivity index (χ2v) is 3.49. The number of carboxylic acid groups (broad SMARTS) is 1. The van der Waals surface area contributed by atoms with Crippen molar-refractivity contribution in [2.45, 2.75) is 0 Å². The van der Waals surface area contributed by atoms with Crippen LogP contribution in [0.5, 0.6) is 0 Å². The Hall–Kier alpha value is -1.85. The number of carbonyl (C=O) groups excluding carboxylic acids is 1. The second kappa shape index (κ2) is 4.12. The Kier molecular flexibility index (Phi) is 3.08. The minimum atomic E-state index is -1.30. The zero-order valence-corrected chi connectivity index (χ0v) is 9.18. The van der Waals surface area contributed by atoms with E-state index in [2.05, 4.69) is 9.97 Å². The van der Waals surface area contributed by atoms with Crippen molar-refractivity contribution in [2.75, 3.05) is 38.0 Å². The minimum Gasteiger partial charge on any atom is -0.543 e. The third kappa shape index (κ3) is 2.55. The van der Waals surface area contributed by atoms with Gasteiger partial charge in [-0.25, -0.2) is 4.98 Å². The highest BCUT2D eigenvalue weighted by molar-refractivity contribution is 5.84. The molecule has 0 radical (unpaired) electrons. The highest BCUT2D eigenvalue weighted by Gasteiger charge is 2.07. The normalized spacial score (nSPS) is 9.87. The molecule has 1 aromatic rings. The Morgan fingerprint density at radius 2 is 1.80 bits per heavy atom. The molecule has 0 saturated heterocycles. The van der Waals surface area contributed by atoms with E-state index in [1.165, 1.54) is 6.07 Å². The van der Waals surface area contributed by atoms with E-state index in [9.17, 15) is 9.90 Å². The number of aromatic carboxylic acids is 1. The van der Waals surface area contributed by atoms with E-state index in [1.807, 2.05) is 0 Å². The summed E-state index contributed by atoms with van der Waals surface area (Å²) in [5.74, 6) is -0.420. The molecule has 15 heavy (non-hydrogen) atoms. The Balaban J connectivity index is 3.26. The van der Waals surface area contributed by atoms with Crippen LogP contribution in [0.4, 0.5) is 11.8 Å². The van der Waals surface area contributed by atoms with Gasteiger partial charge in [-0.15, -0.1) is 0 Å². The van der Waals surface area contributed by atoms with E-state index in [4.69, 9.17) is 0 Å². The van der Waals surface area contributed by atoms with Crippen molar-refractivity contribution in [2.24, 2.45) is 0 Å². The molecule has 0 aliphatic carbocycles. The van der Waals surface area contributed by atoms with Gasteiger partial charge in [0.15, 0.2) is 0 Å². The average molecular weight is 209 g/mol. The van der Waals surface area contributed by atoms with Crippen molar-refractivity contribution >= 4 is 17.7 Å². The molecule has 0 fully saturated rings. The largest absolute Gasteiger partial charge is 0.543 e. The van der Waals surface area contributed by atoms with Crippen LogP contribution in [-0.2, 0) is 0 Å². The van der Waals surface area contributed by atoms with Crippen LogP contribution < -0.4 is 14.9 Å². The molecule has 0 saturated carbocycles. The van der Waals surface area contributed by atoms with Gasteiger partial charge in [-0.05, 0) is 0 Å². The lowest BCUT2D eigenvalue weighted by Gasteiger charge is -2.17. The van der Waals surface area contributed by atoms with E-state index in [0.29, 0.717) is 11.8 Å². The highest BCUT2D eigenvalue weighted by atomic mass is 16.4. The third-order valence-electron chi connectivity index (χ3n) is 1.77. The zero-order valence-electron chi connectivity index (χ0n) is 9.18. The molecular weight excluding hydrogens is 196 g/mol. The van der Waals surface area contributed by atoms with Crippen molar-refractivity contribution in [1.29, 1.82) is 0 Å². The summed E-state index contributed by atoms with van der Waals surface area (Å²) in [6, 6.07) is 1.38. The number of anilines is 2. The number of rotatable bonds is 3. The topological polar surface area (TPSA) is 72.4 Å². The van der Waals surface area contributed by atoms with E-state index in [1.54, 1.807) is 38.0 Å². The smallest absolute Gasteiger partial charge is 0.227 e. The molecule has 6 heteroatoms. The Morgan fingerprint density at radius 3 is 2.20 bits per heavy atom. The van der Waals surface area contributed by atoms with Crippen molar-refractivity contribution < 1.29 is 9.90 Å². The fraction of sp³-hybridized carbons (Fsp3) is 0.444. The fourth-order valence-corrected chi connectivity index (χ4v) is 0.956. The predicted molar refractivity (Wildman–Crippen MR) is 55.0 cm³/mol. The summed E-state index contributed by atoms with van der Waals surface area (Å²) >= 11 is 0. The van der Waals surface area contributed by atoms with Crippen LogP contribution >= 0.6 is 0 Å². The van der Waals surface area contributed by atoms with Crippen LogP contribution in [0.1, 0.15) is 10.5 Å². The summed E-state index contributed by atoms with van der Waals surface area (Å²) in [4.78, 5) is 22.1. The fourth-order valence-electron chi connectivity index (χ4n) is 0.956. The first-order valence-corrected chi connectivity index (χ1v) is 4.37. The summed E-state index contributed by atoms with van der Waals surface area (Å²) in [5, 5.41) is 10.7. The molecule has 0 N–H and O–H groups in total. The van der Waals surface area contributed by atoms with E-state index < -0.39 is 5.97 Å². The van der Waals surface area contributed by atoms with Gasteiger partial charge >= 0.3 is 0 Å². The van der Waals surface area contributed by atoms with Gasteiger partial charge < -0.3 is 19.7 Å². The average Bonchev–Trinajstić information content (AvgIpc) is 2.16. The van der Waals surface area contributed by atoms with Gasteiger partial charge in [-0.1, -0.05) is 0 Å². The van der Waals surface area contributed by atoms with Gasteiger partial charge in [-0.2, -0.15) is 4.98 Å². The molecule has 6 nitrogen and oxygen atoms in total. The van der Waals surface area contributed by atoms with Crippen LogP contribution in [0.3, 0.4) is 0 Å². The SMILES string of the molecule is CN(C)c1cc(C(=O)[O-])nc(N(C)C)n1. The highest BCUT2D eigenvalue weighted by Crippen LogP contribution is 2.13. The first-order chi connectivity index (χ1) is 6.91. The number of carbonyl (C=O) groups is 1. The molecule has 82 valence electrons. The zero-order chi connectivity index (χ0) is 11.6. The molecule has 0 aliphatic rings.